The molecule has 5 rings (SSSR count). The number of fused-ring (bicyclic) bond motifs is 4. The van der Waals surface area contributed by atoms with Crippen LogP contribution < -0.4 is 0 Å². The Kier molecular flexibility index (Phi) is 5.13. The fraction of sp³-hybridized carbons (Fsp3) is 0.581. The molecule has 2 saturated carbocycles. The van der Waals surface area contributed by atoms with Crippen LogP contribution >= 0.6 is 0 Å². The van der Waals surface area contributed by atoms with Gasteiger partial charge in [-0.2, -0.15) is 0 Å². The monoisotopic (exact) mass is 444 g/mol. The van der Waals surface area contributed by atoms with E-state index in [1.807, 2.05) is 6.07 Å². The molecule has 1 spiro atoms. The first kappa shape index (κ1) is 22.7. The third kappa shape index (κ3) is 3.31. The number of carbonyl (C=O) groups is 1. The van der Waals surface area contributed by atoms with Crippen molar-refractivity contribution in [1.29, 1.82) is 0 Å². The second-order valence-corrected chi connectivity index (χ2v) is 13.0. The predicted molar refractivity (Wildman–Crippen MR) is 134 cm³/mol. The Hall–Kier alpha value is -2.09. The highest BCUT2D eigenvalue weighted by Gasteiger charge is 2.74. The number of hydrogen-bond donors (Lipinski definition) is 0. The molecular weight excluding hydrogens is 404 g/mol. The first-order valence-electron chi connectivity index (χ1n) is 12.8. The summed E-state index contributed by atoms with van der Waals surface area (Å²) in [5.41, 5.74) is 4.18. The molecule has 176 valence electrons. The molecule has 0 amide bonds. The average molecular weight is 445 g/mol. The quantitative estimate of drug-likeness (QED) is 0.473. The van der Waals surface area contributed by atoms with Gasteiger partial charge in [-0.3, -0.25) is 4.79 Å². The molecule has 0 aromatic heterocycles. The Morgan fingerprint density at radius 3 is 2.12 bits per heavy atom. The van der Waals surface area contributed by atoms with E-state index >= 15 is 0 Å². The lowest BCUT2D eigenvalue weighted by atomic mass is 9.65. The largest absolute Gasteiger partial charge is 0.461 e. The molecule has 2 aromatic rings. The Bertz CT molecular complexity index is 1020. The van der Waals surface area contributed by atoms with E-state index in [4.69, 9.17) is 4.74 Å². The van der Waals surface area contributed by atoms with Crippen molar-refractivity contribution in [3.63, 3.8) is 0 Å². The molecule has 2 nitrogen and oxygen atoms in total. The standard InChI is InChI=1S/C31H40O2/c1-28(2,3)24(18-21-12-8-7-9-13-21)26(32)33-27-30(6)17-16-25(29(30,4)5)31(27)19-22-14-10-11-15-23(22)20-31/h7-15,24-25,27H,16-20H2,1-6H3/t24?,25-,27-,30-/m0/s1. The van der Waals surface area contributed by atoms with E-state index in [-0.39, 0.29) is 39.7 Å². The van der Waals surface area contributed by atoms with Crippen LogP contribution in [-0.2, 0) is 28.8 Å². The van der Waals surface area contributed by atoms with Gasteiger partial charge in [-0.05, 0) is 65.5 Å². The van der Waals surface area contributed by atoms with Gasteiger partial charge in [-0.1, -0.05) is 96.1 Å². The molecule has 3 aliphatic carbocycles. The molecule has 2 fully saturated rings. The van der Waals surface area contributed by atoms with Crippen molar-refractivity contribution >= 4 is 5.97 Å². The van der Waals surface area contributed by atoms with Gasteiger partial charge in [0.2, 0.25) is 0 Å². The molecule has 4 atom stereocenters. The van der Waals surface area contributed by atoms with E-state index in [1.54, 1.807) is 0 Å². The van der Waals surface area contributed by atoms with Crippen molar-refractivity contribution in [2.75, 3.05) is 0 Å². The minimum atomic E-state index is -0.161. The van der Waals surface area contributed by atoms with Crippen LogP contribution in [0, 0.1) is 33.5 Å². The van der Waals surface area contributed by atoms with Gasteiger partial charge in [0, 0.05) is 10.8 Å². The average Bonchev–Trinajstić information content (AvgIpc) is 3.28. The third-order valence-electron chi connectivity index (χ3n) is 10.1. The summed E-state index contributed by atoms with van der Waals surface area (Å²) >= 11 is 0. The van der Waals surface area contributed by atoms with Crippen LogP contribution in [0.25, 0.3) is 0 Å². The van der Waals surface area contributed by atoms with Crippen molar-refractivity contribution in [1.82, 2.24) is 0 Å². The molecule has 0 N–H and O–H groups in total. The molecule has 2 bridgehead atoms. The van der Waals surface area contributed by atoms with Gasteiger partial charge in [-0.25, -0.2) is 0 Å². The summed E-state index contributed by atoms with van der Waals surface area (Å²) < 4.78 is 6.77. The first-order valence-corrected chi connectivity index (χ1v) is 12.8. The second-order valence-electron chi connectivity index (χ2n) is 13.0. The van der Waals surface area contributed by atoms with E-state index in [2.05, 4.69) is 90.1 Å². The molecular formula is C31H40O2. The molecule has 0 radical (unpaired) electrons. The van der Waals surface area contributed by atoms with Crippen LogP contribution in [0.1, 0.15) is 71.1 Å². The summed E-state index contributed by atoms with van der Waals surface area (Å²) in [4.78, 5) is 14.0. The first-order chi connectivity index (χ1) is 15.5. The van der Waals surface area contributed by atoms with Crippen LogP contribution in [0.3, 0.4) is 0 Å². The summed E-state index contributed by atoms with van der Waals surface area (Å²) in [5.74, 6) is 0.422. The molecule has 0 heterocycles. The zero-order chi connectivity index (χ0) is 23.6. The molecule has 3 aliphatic rings. The summed E-state index contributed by atoms with van der Waals surface area (Å²) in [5, 5.41) is 0. The van der Waals surface area contributed by atoms with Gasteiger partial charge in [0.1, 0.15) is 6.10 Å². The Labute approximate surface area is 200 Å². The van der Waals surface area contributed by atoms with E-state index < -0.39 is 0 Å². The highest BCUT2D eigenvalue weighted by molar-refractivity contribution is 5.74. The lowest BCUT2D eigenvalue weighted by Gasteiger charge is -2.45. The minimum Gasteiger partial charge on any atom is -0.461 e. The van der Waals surface area contributed by atoms with Crippen molar-refractivity contribution in [3.05, 3.63) is 71.3 Å². The van der Waals surface area contributed by atoms with E-state index in [0.717, 1.165) is 25.7 Å². The number of hydrogen-bond acceptors (Lipinski definition) is 2. The van der Waals surface area contributed by atoms with E-state index in [9.17, 15) is 4.79 Å². The highest BCUT2D eigenvalue weighted by Crippen LogP contribution is 2.75. The fourth-order valence-electron chi connectivity index (χ4n) is 7.96. The molecule has 0 saturated heterocycles. The number of carbonyl (C=O) groups excluding carboxylic acids is 1. The van der Waals surface area contributed by atoms with Gasteiger partial charge in [0.05, 0.1) is 5.92 Å². The van der Waals surface area contributed by atoms with Crippen LogP contribution in [0.2, 0.25) is 0 Å². The molecule has 0 aliphatic heterocycles. The van der Waals surface area contributed by atoms with Crippen molar-refractivity contribution in [3.8, 4) is 0 Å². The summed E-state index contributed by atoms with van der Waals surface area (Å²) in [6.45, 7) is 13.8. The van der Waals surface area contributed by atoms with Crippen LogP contribution in [0.5, 0.6) is 0 Å². The van der Waals surface area contributed by atoms with Gasteiger partial charge >= 0.3 is 5.97 Å². The van der Waals surface area contributed by atoms with Gasteiger partial charge in [0.25, 0.3) is 0 Å². The van der Waals surface area contributed by atoms with Crippen LogP contribution in [-0.4, -0.2) is 12.1 Å². The zero-order valence-electron chi connectivity index (χ0n) is 21.3. The Morgan fingerprint density at radius 1 is 0.970 bits per heavy atom. The lowest BCUT2D eigenvalue weighted by Crippen LogP contribution is -2.49. The normalized spacial score (nSPS) is 29.8. The van der Waals surface area contributed by atoms with Gasteiger partial charge < -0.3 is 4.74 Å². The summed E-state index contributed by atoms with van der Waals surface area (Å²) in [6, 6.07) is 19.3. The topological polar surface area (TPSA) is 26.3 Å². The number of rotatable bonds is 4. The van der Waals surface area contributed by atoms with Crippen LogP contribution in [0.15, 0.2) is 54.6 Å². The Balaban J connectivity index is 1.49. The number of esters is 1. The maximum absolute atomic E-state index is 14.0. The predicted octanol–water partition coefficient (Wildman–Crippen LogP) is 7.04. The molecule has 2 heteroatoms. The SMILES string of the molecule is CC(C)(C)C(Cc1ccccc1)C(=O)O[C@@H]1C2(Cc3ccccc3C2)[C@H]2CC[C@]1(C)C2(C)C. The fourth-order valence-corrected chi connectivity index (χ4v) is 7.96. The Morgan fingerprint density at radius 2 is 1.55 bits per heavy atom. The molecule has 33 heavy (non-hydrogen) atoms. The maximum Gasteiger partial charge on any atom is 0.310 e. The van der Waals surface area contributed by atoms with Crippen molar-refractivity contribution in [2.45, 2.75) is 79.8 Å². The van der Waals surface area contributed by atoms with Crippen LogP contribution in [0.4, 0.5) is 0 Å². The van der Waals surface area contributed by atoms with Crippen molar-refractivity contribution < 1.29 is 9.53 Å². The zero-order valence-corrected chi connectivity index (χ0v) is 21.3. The second kappa shape index (κ2) is 7.45. The smallest absolute Gasteiger partial charge is 0.310 e. The lowest BCUT2D eigenvalue weighted by molar-refractivity contribution is -0.176. The summed E-state index contributed by atoms with van der Waals surface area (Å²) in [7, 11) is 0. The maximum atomic E-state index is 14.0. The molecule has 2 aromatic carbocycles. The van der Waals surface area contributed by atoms with Crippen molar-refractivity contribution in [2.24, 2.45) is 33.5 Å². The number of ether oxygens (including phenoxy) is 1. The molecule has 1 unspecified atom stereocenters. The van der Waals surface area contributed by atoms with Gasteiger partial charge in [-0.15, -0.1) is 0 Å². The number of benzene rings is 2. The van der Waals surface area contributed by atoms with Gasteiger partial charge in [0.15, 0.2) is 0 Å². The minimum absolute atomic E-state index is 0.00346. The van der Waals surface area contributed by atoms with E-state index in [0.29, 0.717) is 5.92 Å². The summed E-state index contributed by atoms with van der Waals surface area (Å²) in [6.07, 6.45) is 5.19. The van der Waals surface area contributed by atoms with E-state index in [1.165, 1.54) is 23.1 Å². The third-order valence-corrected chi connectivity index (χ3v) is 10.1. The highest BCUT2D eigenvalue weighted by atomic mass is 16.5.